The van der Waals surface area contributed by atoms with Gasteiger partial charge in [0.05, 0.1) is 10.8 Å². The van der Waals surface area contributed by atoms with Crippen molar-refractivity contribution in [2.24, 2.45) is 0 Å². The monoisotopic (exact) mass is 388 g/mol. The molecular formula is C18H19F3O4S. The first-order chi connectivity index (χ1) is 12.3. The van der Waals surface area contributed by atoms with Gasteiger partial charge in [-0.1, -0.05) is 18.2 Å². The van der Waals surface area contributed by atoms with E-state index in [0.29, 0.717) is 9.79 Å². The summed E-state index contributed by atoms with van der Waals surface area (Å²) < 4.78 is 66.5. The Morgan fingerprint density at radius 1 is 0.962 bits per heavy atom. The van der Waals surface area contributed by atoms with E-state index in [-0.39, 0.29) is 5.75 Å². The van der Waals surface area contributed by atoms with Gasteiger partial charge in [0.1, 0.15) is 19.1 Å². The molecule has 0 aliphatic rings. The van der Waals surface area contributed by atoms with Crippen molar-refractivity contribution in [1.82, 2.24) is 0 Å². The summed E-state index contributed by atoms with van der Waals surface area (Å²) in [6.45, 7) is -0.347. The van der Waals surface area contributed by atoms with E-state index >= 15 is 0 Å². The highest BCUT2D eigenvalue weighted by atomic mass is 32.2. The van der Waals surface area contributed by atoms with E-state index in [1.54, 1.807) is 36.4 Å². The molecule has 2 unspecified atom stereocenters. The van der Waals surface area contributed by atoms with Crippen molar-refractivity contribution in [3.8, 4) is 5.75 Å². The van der Waals surface area contributed by atoms with Crippen LogP contribution in [0.5, 0.6) is 5.75 Å². The molecule has 0 heterocycles. The number of rotatable bonds is 8. The molecule has 0 radical (unpaired) electrons. The number of alkyl halides is 3. The fourth-order valence-corrected chi connectivity index (χ4v) is 3.01. The van der Waals surface area contributed by atoms with E-state index in [4.69, 9.17) is 9.47 Å². The standard InChI is InChI=1S/C18H19F3O4S/c1-17(18(19,20)21,25-13-23-2)12-24-14-8-10-16(11-9-14)26(22)15-6-4-3-5-7-15/h3-11H,12-13H2,1-2H3. The molecule has 2 aromatic carbocycles. The van der Waals surface area contributed by atoms with Gasteiger partial charge in [0.2, 0.25) is 0 Å². The molecular weight excluding hydrogens is 369 g/mol. The molecule has 0 bridgehead atoms. The van der Waals surface area contributed by atoms with Crippen LogP contribution in [0.15, 0.2) is 64.4 Å². The van der Waals surface area contributed by atoms with E-state index in [1.807, 2.05) is 6.07 Å². The van der Waals surface area contributed by atoms with Crippen molar-refractivity contribution in [2.45, 2.75) is 28.5 Å². The van der Waals surface area contributed by atoms with Crippen molar-refractivity contribution >= 4 is 10.8 Å². The van der Waals surface area contributed by atoms with Crippen LogP contribution in [0.2, 0.25) is 0 Å². The van der Waals surface area contributed by atoms with Gasteiger partial charge in [-0.05, 0) is 43.3 Å². The molecule has 0 fully saturated rings. The molecule has 8 heteroatoms. The third-order valence-corrected chi connectivity index (χ3v) is 5.00. The molecule has 142 valence electrons. The lowest BCUT2D eigenvalue weighted by Crippen LogP contribution is -2.50. The summed E-state index contributed by atoms with van der Waals surface area (Å²) in [6, 6.07) is 14.9. The second-order valence-electron chi connectivity index (χ2n) is 5.62. The van der Waals surface area contributed by atoms with Gasteiger partial charge in [0.25, 0.3) is 0 Å². The highest BCUT2D eigenvalue weighted by Gasteiger charge is 2.53. The van der Waals surface area contributed by atoms with Crippen LogP contribution < -0.4 is 4.74 Å². The van der Waals surface area contributed by atoms with Crippen LogP contribution in [0.4, 0.5) is 13.2 Å². The van der Waals surface area contributed by atoms with Gasteiger partial charge < -0.3 is 14.2 Å². The first-order valence-electron chi connectivity index (χ1n) is 7.66. The van der Waals surface area contributed by atoms with Gasteiger partial charge in [0, 0.05) is 16.9 Å². The van der Waals surface area contributed by atoms with Crippen molar-refractivity contribution in [2.75, 3.05) is 20.5 Å². The van der Waals surface area contributed by atoms with Crippen LogP contribution in [0.25, 0.3) is 0 Å². The Bertz CT molecular complexity index is 719. The molecule has 0 aliphatic carbocycles. The first kappa shape index (κ1) is 20.4. The Balaban J connectivity index is 2.05. The topological polar surface area (TPSA) is 44.8 Å². The predicted molar refractivity (Wildman–Crippen MR) is 90.5 cm³/mol. The van der Waals surface area contributed by atoms with Gasteiger partial charge in [0.15, 0.2) is 5.60 Å². The quantitative estimate of drug-likeness (QED) is 0.637. The molecule has 0 aromatic heterocycles. The second-order valence-corrected chi connectivity index (χ2v) is 7.10. The van der Waals surface area contributed by atoms with Crippen molar-refractivity contribution in [3.63, 3.8) is 0 Å². The number of hydrogen-bond acceptors (Lipinski definition) is 4. The summed E-state index contributed by atoms with van der Waals surface area (Å²) in [4.78, 5) is 1.16. The molecule has 2 atom stereocenters. The van der Waals surface area contributed by atoms with Crippen LogP contribution in [0, 0.1) is 0 Å². The molecule has 2 aromatic rings. The maximum absolute atomic E-state index is 13.2. The molecule has 0 amide bonds. The zero-order chi connectivity index (χ0) is 19.2. The van der Waals surface area contributed by atoms with Crippen molar-refractivity contribution in [3.05, 3.63) is 54.6 Å². The molecule has 0 saturated carbocycles. The summed E-state index contributed by atoms with van der Waals surface area (Å²) in [5.74, 6) is 0.218. The van der Waals surface area contributed by atoms with E-state index in [0.717, 1.165) is 6.92 Å². The fraction of sp³-hybridized carbons (Fsp3) is 0.333. The molecule has 4 nitrogen and oxygen atoms in total. The van der Waals surface area contributed by atoms with Gasteiger partial charge in [-0.25, -0.2) is 4.21 Å². The molecule has 0 N–H and O–H groups in total. The number of halogens is 3. The molecule has 26 heavy (non-hydrogen) atoms. The first-order valence-corrected chi connectivity index (χ1v) is 8.81. The average Bonchev–Trinajstić information content (AvgIpc) is 2.64. The van der Waals surface area contributed by atoms with Crippen LogP contribution in [-0.4, -0.2) is 36.5 Å². The highest BCUT2D eigenvalue weighted by Crippen LogP contribution is 2.34. The summed E-state index contributed by atoms with van der Waals surface area (Å²) in [6.07, 6.45) is -4.62. The number of benzene rings is 2. The van der Waals surface area contributed by atoms with Crippen LogP contribution in [0.3, 0.4) is 0 Å². The lowest BCUT2D eigenvalue weighted by molar-refractivity contribution is -0.296. The maximum Gasteiger partial charge on any atom is 0.420 e. The minimum atomic E-state index is -4.62. The fourth-order valence-electron chi connectivity index (χ4n) is 1.96. The largest absolute Gasteiger partial charge is 0.490 e. The third-order valence-electron chi connectivity index (χ3n) is 3.60. The summed E-state index contributed by atoms with van der Waals surface area (Å²) in [5.41, 5.74) is -2.51. The number of ether oxygens (including phenoxy) is 3. The van der Waals surface area contributed by atoms with E-state index < -0.39 is 36.0 Å². The lowest BCUT2D eigenvalue weighted by atomic mass is 10.1. The second kappa shape index (κ2) is 8.66. The van der Waals surface area contributed by atoms with E-state index in [1.165, 1.54) is 19.2 Å². The summed E-state index contributed by atoms with van der Waals surface area (Å²) >= 11 is 0. The van der Waals surface area contributed by atoms with Gasteiger partial charge in [-0.15, -0.1) is 0 Å². The molecule has 0 saturated heterocycles. The van der Waals surface area contributed by atoms with Crippen molar-refractivity contribution < 1.29 is 31.6 Å². The number of methoxy groups -OCH3 is 1. The smallest absolute Gasteiger partial charge is 0.420 e. The minimum Gasteiger partial charge on any atom is -0.490 e. The zero-order valence-electron chi connectivity index (χ0n) is 14.3. The van der Waals surface area contributed by atoms with Crippen LogP contribution >= 0.6 is 0 Å². The predicted octanol–water partition coefficient (Wildman–Crippen LogP) is 4.17. The molecule has 0 aliphatic heterocycles. The van der Waals surface area contributed by atoms with Gasteiger partial charge >= 0.3 is 6.18 Å². The minimum absolute atomic E-state index is 0.218. The Labute approximate surface area is 152 Å². The van der Waals surface area contributed by atoms with Gasteiger partial charge in [-0.3, -0.25) is 0 Å². The summed E-state index contributed by atoms with van der Waals surface area (Å²) in [7, 11) is -0.132. The lowest BCUT2D eigenvalue weighted by Gasteiger charge is -2.31. The molecule has 2 rings (SSSR count). The van der Waals surface area contributed by atoms with Crippen LogP contribution in [-0.2, 0) is 20.3 Å². The third kappa shape index (κ3) is 5.06. The Morgan fingerprint density at radius 2 is 1.54 bits per heavy atom. The highest BCUT2D eigenvalue weighted by molar-refractivity contribution is 7.85. The average molecular weight is 388 g/mol. The Hall–Kier alpha value is -1.90. The van der Waals surface area contributed by atoms with E-state index in [2.05, 4.69) is 4.74 Å². The normalized spacial score (nSPS) is 15.3. The van der Waals surface area contributed by atoms with Crippen molar-refractivity contribution in [1.29, 1.82) is 0 Å². The van der Waals surface area contributed by atoms with E-state index in [9.17, 15) is 17.4 Å². The summed E-state index contributed by atoms with van der Waals surface area (Å²) in [5, 5.41) is 0. The molecule has 0 spiro atoms. The zero-order valence-corrected chi connectivity index (χ0v) is 15.1. The number of hydrogen-bond donors (Lipinski definition) is 0. The van der Waals surface area contributed by atoms with Crippen LogP contribution in [0.1, 0.15) is 6.92 Å². The maximum atomic E-state index is 13.2. The van der Waals surface area contributed by atoms with Gasteiger partial charge in [-0.2, -0.15) is 13.2 Å². The SMILES string of the molecule is COCOC(C)(COc1ccc(S(=O)c2ccccc2)cc1)C(F)(F)F. The Morgan fingerprint density at radius 3 is 2.08 bits per heavy atom. The Kier molecular flexibility index (Phi) is 6.80.